The van der Waals surface area contributed by atoms with Gasteiger partial charge in [-0.1, -0.05) is 54.9 Å². The third kappa shape index (κ3) is 4.64. The van der Waals surface area contributed by atoms with E-state index in [1.165, 1.54) is 11.9 Å². The lowest BCUT2D eigenvalue weighted by molar-refractivity contribution is -0.0605. The first-order valence-electron chi connectivity index (χ1n) is 8.01. The predicted molar refractivity (Wildman–Crippen MR) is 98.0 cm³/mol. The molecule has 0 amide bonds. The zero-order valence-corrected chi connectivity index (χ0v) is 15.1. The van der Waals surface area contributed by atoms with Crippen LogP contribution in [0.15, 0.2) is 53.6 Å². The maximum Gasteiger partial charge on any atom is 0.431 e. The molecule has 0 fully saturated rings. The second kappa shape index (κ2) is 8.36. The monoisotopic (exact) mass is 382 g/mol. The van der Waals surface area contributed by atoms with Gasteiger partial charge in [-0.05, 0) is 31.0 Å². The van der Waals surface area contributed by atoms with Crippen molar-refractivity contribution in [3.05, 3.63) is 64.7 Å². The number of hydrogen-bond acceptors (Lipinski definition) is 3. The van der Waals surface area contributed by atoms with E-state index in [9.17, 15) is 18.0 Å². The van der Waals surface area contributed by atoms with Gasteiger partial charge in [0.25, 0.3) is 0 Å². The molecular weight excluding hydrogens is 365 g/mol. The van der Waals surface area contributed by atoms with Gasteiger partial charge in [-0.25, -0.2) is 0 Å². The second-order valence-electron chi connectivity index (χ2n) is 5.65. The van der Waals surface area contributed by atoms with Crippen LogP contribution in [0.4, 0.5) is 18.9 Å². The molecule has 0 spiro atoms. The van der Waals surface area contributed by atoms with Crippen molar-refractivity contribution in [1.29, 1.82) is 0 Å². The molecule has 7 heteroatoms. The first kappa shape index (κ1) is 20.0. The Kier molecular flexibility index (Phi) is 6.42. The molecule has 1 unspecified atom stereocenters. The summed E-state index contributed by atoms with van der Waals surface area (Å²) in [7, 11) is 0. The molecule has 0 heterocycles. The number of carbonyl (C=O) groups is 1. The highest BCUT2D eigenvalue weighted by atomic mass is 35.5. The fourth-order valence-corrected chi connectivity index (χ4v) is 2.66. The highest BCUT2D eigenvalue weighted by molar-refractivity contribution is 6.33. The van der Waals surface area contributed by atoms with E-state index in [4.69, 9.17) is 11.6 Å². The summed E-state index contributed by atoms with van der Waals surface area (Å²) in [5, 5.41) is 5.45. The molecule has 0 aliphatic carbocycles. The summed E-state index contributed by atoms with van der Waals surface area (Å²) in [5.74, 6) is 0. The van der Waals surface area contributed by atoms with E-state index >= 15 is 0 Å². The van der Waals surface area contributed by atoms with Crippen LogP contribution in [0.25, 0.3) is 0 Å². The van der Waals surface area contributed by atoms with Crippen LogP contribution in [-0.4, -0.2) is 18.2 Å². The molecule has 0 aliphatic heterocycles. The average Bonchev–Trinajstić information content (AvgIpc) is 2.62. The summed E-state index contributed by atoms with van der Waals surface area (Å²) in [4.78, 5) is 10.8. The van der Waals surface area contributed by atoms with Crippen molar-refractivity contribution in [3.8, 4) is 0 Å². The first-order valence-corrected chi connectivity index (χ1v) is 8.39. The van der Waals surface area contributed by atoms with E-state index < -0.39 is 17.9 Å². The van der Waals surface area contributed by atoms with Crippen molar-refractivity contribution in [1.82, 2.24) is 0 Å². The van der Waals surface area contributed by atoms with E-state index in [1.807, 2.05) is 0 Å². The number of rotatable bonds is 6. The largest absolute Gasteiger partial charge is 0.431 e. The molecule has 2 aromatic rings. The smallest absolute Gasteiger partial charge is 0.298 e. The number of anilines is 1. The van der Waals surface area contributed by atoms with E-state index in [0.717, 1.165) is 0 Å². The molecular formula is C19H18ClF3N2O. The maximum absolute atomic E-state index is 13.2. The molecule has 0 bridgehead atoms. The maximum atomic E-state index is 13.2. The van der Waals surface area contributed by atoms with E-state index in [0.29, 0.717) is 28.1 Å². The summed E-state index contributed by atoms with van der Waals surface area (Å²) in [5.41, 5.74) is 0.667. The lowest BCUT2D eigenvalue weighted by atomic mass is 10.1. The third-order valence-electron chi connectivity index (χ3n) is 3.91. The van der Waals surface area contributed by atoms with Crippen molar-refractivity contribution in [3.63, 3.8) is 0 Å². The second-order valence-corrected chi connectivity index (χ2v) is 6.06. The summed E-state index contributed by atoms with van der Waals surface area (Å²) >= 11 is 6.20. The SMILES string of the molecule is CC/C(=N\N(c1ccccc1Cl)C(C)c1ccc(C=O)cc1)C(F)(F)F. The standard InChI is InChI=1S/C19H18ClF3N2O/c1-3-18(19(21,22)23)24-25(17-7-5-4-6-16(17)20)13(2)15-10-8-14(12-26)9-11-15/h4-13H,3H2,1-2H3/b24-18+. The van der Waals surface area contributed by atoms with Gasteiger partial charge in [-0.15, -0.1) is 0 Å². The van der Waals surface area contributed by atoms with Crippen molar-refractivity contribution in [2.45, 2.75) is 32.5 Å². The molecule has 1 atom stereocenters. The van der Waals surface area contributed by atoms with Crippen LogP contribution in [0.5, 0.6) is 0 Å². The van der Waals surface area contributed by atoms with Crippen molar-refractivity contribution in [2.24, 2.45) is 5.10 Å². The van der Waals surface area contributed by atoms with Crippen LogP contribution >= 0.6 is 11.6 Å². The fourth-order valence-electron chi connectivity index (χ4n) is 2.44. The number of aldehydes is 1. The summed E-state index contributed by atoms with van der Waals surface area (Å²) in [6, 6.07) is 12.7. The van der Waals surface area contributed by atoms with Crippen LogP contribution in [0.1, 0.15) is 42.2 Å². The lowest BCUT2D eigenvalue weighted by Crippen LogP contribution is -2.29. The van der Waals surface area contributed by atoms with Crippen molar-refractivity contribution in [2.75, 3.05) is 5.01 Å². The Labute approximate surface area is 155 Å². The van der Waals surface area contributed by atoms with Gasteiger partial charge in [0.1, 0.15) is 12.0 Å². The Morgan fingerprint density at radius 1 is 1.19 bits per heavy atom. The molecule has 0 radical (unpaired) electrons. The Bertz CT molecular complexity index is 788. The number of hydrazone groups is 1. The molecule has 26 heavy (non-hydrogen) atoms. The zero-order chi connectivity index (χ0) is 19.3. The third-order valence-corrected chi connectivity index (χ3v) is 4.23. The summed E-state index contributed by atoms with van der Waals surface area (Å²) in [6.07, 6.45) is -4.09. The van der Waals surface area contributed by atoms with Crippen molar-refractivity contribution < 1.29 is 18.0 Å². The topological polar surface area (TPSA) is 32.7 Å². The predicted octanol–water partition coefficient (Wildman–Crippen LogP) is 6.05. The Morgan fingerprint density at radius 3 is 2.31 bits per heavy atom. The quantitative estimate of drug-likeness (QED) is 0.346. The normalized spacial score (nSPS) is 13.4. The Morgan fingerprint density at radius 2 is 1.81 bits per heavy atom. The summed E-state index contributed by atoms with van der Waals surface area (Å²) in [6.45, 7) is 3.13. The zero-order valence-electron chi connectivity index (χ0n) is 14.3. The average molecular weight is 383 g/mol. The minimum Gasteiger partial charge on any atom is -0.298 e. The van der Waals surface area contributed by atoms with E-state index in [2.05, 4.69) is 5.10 Å². The molecule has 3 nitrogen and oxygen atoms in total. The highest BCUT2D eigenvalue weighted by Gasteiger charge is 2.35. The highest BCUT2D eigenvalue weighted by Crippen LogP contribution is 2.34. The molecule has 0 aromatic heterocycles. The lowest BCUT2D eigenvalue weighted by Gasteiger charge is -2.29. The van der Waals surface area contributed by atoms with E-state index in [1.54, 1.807) is 55.5 Å². The first-order chi connectivity index (χ1) is 12.3. The number of alkyl halides is 3. The van der Waals surface area contributed by atoms with Gasteiger partial charge >= 0.3 is 6.18 Å². The molecule has 138 valence electrons. The van der Waals surface area contributed by atoms with Gasteiger partial charge in [0.15, 0.2) is 0 Å². The van der Waals surface area contributed by atoms with Gasteiger partial charge < -0.3 is 0 Å². The number of carbonyl (C=O) groups excluding carboxylic acids is 1. The minimum absolute atomic E-state index is 0.263. The molecule has 0 aliphatic rings. The molecule has 0 saturated heterocycles. The van der Waals surface area contributed by atoms with Crippen LogP contribution in [0, 0.1) is 0 Å². The molecule has 0 N–H and O–H groups in total. The van der Waals surface area contributed by atoms with Crippen LogP contribution in [0.3, 0.4) is 0 Å². The van der Waals surface area contributed by atoms with Crippen LogP contribution < -0.4 is 5.01 Å². The van der Waals surface area contributed by atoms with Gasteiger partial charge in [0.05, 0.1) is 16.8 Å². The number of halogens is 4. The number of benzene rings is 2. The van der Waals surface area contributed by atoms with Crippen LogP contribution in [0.2, 0.25) is 5.02 Å². The number of nitrogens with zero attached hydrogens (tertiary/aromatic N) is 2. The Balaban J connectivity index is 2.54. The van der Waals surface area contributed by atoms with E-state index in [-0.39, 0.29) is 6.42 Å². The number of hydrogen-bond donors (Lipinski definition) is 0. The van der Waals surface area contributed by atoms with Crippen LogP contribution in [-0.2, 0) is 0 Å². The molecule has 2 aromatic carbocycles. The van der Waals surface area contributed by atoms with Crippen molar-refractivity contribution >= 4 is 29.3 Å². The van der Waals surface area contributed by atoms with Gasteiger partial charge in [0, 0.05) is 5.56 Å². The van der Waals surface area contributed by atoms with Gasteiger partial charge in [-0.2, -0.15) is 18.3 Å². The van der Waals surface area contributed by atoms with Gasteiger partial charge in [0.2, 0.25) is 0 Å². The molecule has 0 saturated carbocycles. The molecule has 2 rings (SSSR count). The minimum atomic E-state index is -4.53. The van der Waals surface area contributed by atoms with Gasteiger partial charge in [-0.3, -0.25) is 9.80 Å². The fraction of sp³-hybridized carbons (Fsp3) is 0.263. The Hall–Kier alpha value is -2.34. The number of para-hydroxylation sites is 1. The summed E-state index contributed by atoms with van der Waals surface area (Å²) < 4.78 is 39.7.